The molecular formula is C20H23BCl2N2O4. The molecule has 0 radical (unpaired) electrons. The Morgan fingerprint density at radius 1 is 1.03 bits per heavy atom. The second kappa shape index (κ2) is 10.6. The van der Waals surface area contributed by atoms with Crippen LogP contribution < -0.4 is 10.6 Å². The summed E-state index contributed by atoms with van der Waals surface area (Å²) in [7, 11) is -1.63. The summed E-state index contributed by atoms with van der Waals surface area (Å²) in [6, 6.07) is 11.3. The Morgan fingerprint density at radius 3 is 2.28 bits per heavy atom. The third-order valence-electron chi connectivity index (χ3n) is 4.24. The minimum atomic E-state index is -1.63. The molecule has 1 atom stereocenters. The van der Waals surface area contributed by atoms with E-state index in [1.165, 1.54) is 6.07 Å². The first-order valence-corrected chi connectivity index (χ1v) is 9.92. The quantitative estimate of drug-likeness (QED) is 0.478. The van der Waals surface area contributed by atoms with E-state index in [4.69, 9.17) is 23.2 Å². The maximum atomic E-state index is 12.3. The highest BCUT2D eigenvalue weighted by Gasteiger charge is 2.26. The van der Waals surface area contributed by atoms with Gasteiger partial charge in [0.1, 0.15) is 0 Å². The number of amides is 2. The zero-order valence-corrected chi connectivity index (χ0v) is 17.7. The monoisotopic (exact) mass is 436 g/mol. The van der Waals surface area contributed by atoms with Crippen molar-refractivity contribution in [2.75, 3.05) is 0 Å². The van der Waals surface area contributed by atoms with E-state index in [9.17, 15) is 19.6 Å². The first-order valence-electron chi connectivity index (χ1n) is 9.16. The lowest BCUT2D eigenvalue weighted by atomic mass is 9.75. The number of benzene rings is 2. The van der Waals surface area contributed by atoms with Gasteiger partial charge in [0.25, 0.3) is 11.8 Å². The van der Waals surface area contributed by atoms with Crippen LogP contribution in [0.3, 0.4) is 0 Å². The second-order valence-electron chi connectivity index (χ2n) is 7.13. The van der Waals surface area contributed by atoms with E-state index in [0.29, 0.717) is 22.0 Å². The molecule has 0 aromatic heterocycles. The molecule has 9 heteroatoms. The van der Waals surface area contributed by atoms with Crippen LogP contribution in [0.5, 0.6) is 0 Å². The van der Waals surface area contributed by atoms with Crippen LogP contribution in [-0.4, -0.2) is 34.9 Å². The molecule has 0 unspecified atom stereocenters. The lowest BCUT2D eigenvalue weighted by Crippen LogP contribution is -2.47. The normalized spacial score (nSPS) is 11.8. The minimum absolute atomic E-state index is 0.195. The predicted molar refractivity (Wildman–Crippen MR) is 115 cm³/mol. The summed E-state index contributed by atoms with van der Waals surface area (Å²) in [5.74, 6) is -1.30. The number of carbonyl (C=O) groups is 2. The van der Waals surface area contributed by atoms with Crippen LogP contribution in [0.2, 0.25) is 10.0 Å². The fraction of sp³-hybridized carbons (Fsp3) is 0.300. The number of hydrogen-bond donors (Lipinski definition) is 4. The average molecular weight is 437 g/mol. The van der Waals surface area contributed by atoms with Crippen LogP contribution in [0, 0.1) is 5.92 Å². The minimum Gasteiger partial charge on any atom is -0.426 e. The topological polar surface area (TPSA) is 98.7 Å². The first kappa shape index (κ1) is 23.2. The molecule has 0 aliphatic heterocycles. The van der Waals surface area contributed by atoms with Crippen molar-refractivity contribution in [1.29, 1.82) is 0 Å². The summed E-state index contributed by atoms with van der Waals surface area (Å²) in [6.07, 6.45) is 0.444. The van der Waals surface area contributed by atoms with Crippen LogP contribution in [0.1, 0.15) is 46.5 Å². The summed E-state index contributed by atoms with van der Waals surface area (Å²) >= 11 is 11.9. The van der Waals surface area contributed by atoms with Gasteiger partial charge in [0, 0.05) is 17.1 Å². The van der Waals surface area contributed by atoms with Crippen LogP contribution in [0.15, 0.2) is 42.5 Å². The van der Waals surface area contributed by atoms with Crippen molar-refractivity contribution in [2.45, 2.75) is 32.8 Å². The van der Waals surface area contributed by atoms with E-state index >= 15 is 0 Å². The van der Waals surface area contributed by atoms with Gasteiger partial charge in [-0.2, -0.15) is 0 Å². The molecule has 2 rings (SSSR count). The van der Waals surface area contributed by atoms with E-state index < -0.39 is 19.0 Å². The van der Waals surface area contributed by atoms with Gasteiger partial charge in [-0.1, -0.05) is 49.2 Å². The summed E-state index contributed by atoms with van der Waals surface area (Å²) in [6.45, 7) is 4.11. The van der Waals surface area contributed by atoms with Gasteiger partial charge in [-0.15, -0.1) is 0 Å². The van der Waals surface area contributed by atoms with Crippen LogP contribution >= 0.6 is 23.2 Å². The summed E-state index contributed by atoms with van der Waals surface area (Å²) in [4.78, 5) is 24.6. The number of carbonyl (C=O) groups excluding carboxylic acids is 2. The van der Waals surface area contributed by atoms with Crippen LogP contribution in [-0.2, 0) is 6.54 Å². The highest BCUT2D eigenvalue weighted by atomic mass is 35.5. The highest BCUT2D eigenvalue weighted by Crippen LogP contribution is 2.20. The Labute approximate surface area is 180 Å². The second-order valence-corrected chi connectivity index (χ2v) is 7.97. The van der Waals surface area contributed by atoms with Crippen molar-refractivity contribution in [3.8, 4) is 0 Å². The molecule has 2 aromatic carbocycles. The lowest BCUT2D eigenvalue weighted by Gasteiger charge is -2.19. The molecule has 0 aliphatic carbocycles. The number of rotatable bonds is 8. The molecule has 0 heterocycles. The maximum Gasteiger partial charge on any atom is 0.475 e. The third kappa shape index (κ3) is 7.05. The molecule has 6 nitrogen and oxygen atoms in total. The Hall–Kier alpha value is -2.06. The van der Waals surface area contributed by atoms with E-state index in [1.54, 1.807) is 36.4 Å². The van der Waals surface area contributed by atoms with E-state index in [-0.39, 0.29) is 23.9 Å². The van der Waals surface area contributed by atoms with Crippen LogP contribution in [0.4, 0.5) is 0 Å². The number of halogens is 2. The van der Waals surface area contributed by atoms with Crippen molar-refractivity contribution in [1.82, 2.24) is 10.6 Å². The molecule has 2 amide bonds. The average Bonchev–Trinajstić information content (AvgIpc) is 2.67. The Kier molecular flexibility index (Phi) is 8.52. The Balaban J connectivity index is 1.96. The molecule has 4 N–H and O–H groups in total. The van der Waals surface area contributed by atoms with Crippen molar-refractivity contribution >= 4 is 42.1 Å². The van der Waals surface area contributed by atoms with Gasteiger partial charge in [0.2, 0.25) is 0 Å². The van der Waals surface area contributed by atoms with Gasteiger partial charge < -0.3 is 20.7 Å². The number of hydrogen-bond acceptors (Lipinski definition) is 4. The van der Waals surface area contributed by atoms with Crippen molar-refractivity contribution in [2.24, 2.45) is 5.92 Å². The molecule has 0 saturated heterocycles. The molecule has 0 fully saturated rings. The van der Waals surface area contributed by atoms with E-state index in [0.717, 1.165) is 5.56 Å². The SMILES string of the molecule is CC(C)C[C@H](NC(=O)c1ccc(CNC(=O)c2cc(Cl)ccc2Cl)cc1)B(O)O. The van der Waals surface area contributed by atoms with Gasteiger partial charge in [-0.25, -0.2) is 0 Å². The fourth-order valence-corrected chi connectivity index (χ4v) is 3.11. The third-order valence-corrected chi connectivity index (χ3v) is 4.81. The molecule has 2 aromatic rings. The zero-order chi connectivity index (χ0) is 21.6. The lowest BCUT2D eigenvalue weighted by molar-refractivity contribution is 0.0933. The molecule has 0 aliphatic rings. The zero-order valence-electron chi connectivity index (χ0n) is 16.2. The highest BCUT2D eigenvalue weighted by molar-refractivity contribution is 6.43. The van der Waals surface area contributed by atoms with E-state index in [2.05, 4.69) is 10.6 Å². The van der Waals surface area contributed by atoms with Crippen molar-refractivity contribution < 1.29 is 19.6 Å². The Bertz CT molecular complexity index is 860. The molecule has 154 valence electrons. The molecule has 0 spiro atoms. The molecule has 0 saturated carbocycles. The van der Waals surface area contributed by atoms with Gasteiger partial charge in [-0.05, 0) is 48.2 Å². The largest absolute Gasteiger partial charge is 0.475 e. The first-order chi connectivity index (χ1) is 13.7. The summed E-state index contributed by atoms with van der Waals surface area (Å²) in [5, 5.41) is 25.0. The smallest absolute Gasteiger partial charge is 0.426 e. The molecule has 29 heavy (non-hydrogen) atoms. The van der Waals surface area contributed by atoms with Gasteiger partial charge in [0.15, 0.2) is 0 Å². The summed E-state index contributed by atoms with van der Waals surface area (Å²) in [5.41, 5.74) is 1.45. The summed E-state index contributed by atoms with van der Waals surface area (Å²) < 4.78 is 0. The molecule has 0 bridgehead atoms. The van der Waals surface area contributed by atoms with Gasteiger partial charge in [0.05, 0.1) is 16.5 Å². The number of nitrogens with one attached hydrogen (secondary N) is 2. The fourth-order valence-electron chi connectivity index (χ4n) is 2.74. The maximum absolute atomic E-state index is 12.3. The van der Waals surface area contributed by atoms with E-state index in [1.807, 2.05) is 13.8 Å². The predicted octanol–water partition coefficient (Wildman–Crippen LogP) is 3.08. The van der Waals surface area contributed by atoms with Gasteiger partial charge >= 0.3 is 7.12 Å². The Morgan fingerprint density at radius 2 is 1.69 bits per heavy atom. The molecular weight excluding hydrogens is 414 g/mol. The standard InChI is InChI=1S/C20H23BCl2N2O4/c1-12(2)9-18(21(28)29)25-19(26)14-5-3-13(4-6-14)11-24-20(27)16-10-15(22)7-8-17(16)23/h3-8,10,12,18,28-29H,9,11H2,1-2H3,(H,24,27)(H,25,26)/t18-/m0/s1. The van der Waals surface area contributed by atoms with Crippen LogP contribution in [0.25, 0.3) is 0 Å². The van der Waals surface area contributed by atoms with Crippen molar-refractivity contribution in [3.63, 3.8) is 0 Å². The van der Waals surface area contributed by atoms with Gasteiger partial charge in [-0.3, -0.25) is 9.59 Å². The van der Waals surface area contributed by atoms with Crippen molar-refractivity contribution in [3.05, 3.63) is 69.2 Å².